The van der Waals surface area contributed by atoms with Crippen LogP contribution >= 0.6 is 0 Å². The molecule has 1 saturated carbocycles. The van der Waals surface area contributed by atoms with Crippen molar-refractivity contribution in [2.24, 2.45) is 31.5 Å². The number of benzene rings is 1. The van der Waals surface area contributed by atoms with E-state index in [9.17, 15) is 41.3 Å². The standard InChI is InChI=1S/C40H52FN15O15/c1-7-25-32(70-38-29(51-56-46)35(64-20(5)59)33(63-19(4)58)27(68-38)15-48-53-43)37(65-21(6)60)40(66-25)71-36-30(62-18(3)57)23(49-54-44)13-24(50-55-45)31(36)69-39-34(61-16-22-11-9-8-10-12-22)28(41)17(2)26(67-39)14-47-52-42/h8-12,17,23-40H,7,13-16H2,1-6H3. The monoisotopic (exact) mass is 1000 g/mol. The van der Waals surface area contributed by atoms with Crippen molar-refractivity contribution in [3.63, 3.8) is 0 Å². The Labute approximate surface area is 403 Å². The van der Waals surface area contributed by atoms with Crippen molar-refractivity contribution in [3.8, 4) is 0 Å². The Kier molecular flexibility index (Phi) is 20.6. The van der Waals surface area contributed by atoms with E-state index in [1.807, 2.05) is 0 Å². The van der Waals surface area contributed by atoms with Crippen LogP contribution in [-0.4, -0.2) is 147 Å². The van der Waals surface area contributed by atoms with E-state index in [2.05, 4.69) is 50.1 Å². The molecular weight excluding hydrogens is 950 g/mol. The van der Waals surface area contributed by atoms with Gasteiger partial charge in [0.25, 0.3) is 0 Å². The molecule has 0 aromatic heterocycles. The van der Waals surface area contributed by atoms with Crippen molar-refractivity contribution in [2.75, 3.05) is 13.1 Å². The number of alkyl halides is 1. The van der Waals surface area contributed by atoms with E-state index in [0.29, 0.717) is 5.56 Å². The van der Waals surface area contributed by atoms with Gasteiger partial charge in [0.15, 0.2) is 37.2 Å². The largest absolute Gasteiger partial charge is 0.459 e. The fourth-order valence-electron chi connectivity index (χ4n) is 8.75. The number of rotatable bonds is 21. The third kappa shape index (κ3) is 14.2. The number of carbonyl (C=O) groups is 4. The fraction of sp³-hybridized carbons (Fsp3) is 0.750. The summed E-state index contributed by atoms with van der Waals surface area (Å²) < 4.78 is 83.6. The predicted molar refractivity (Wildman–Crippen MR) is 234 cm³/mol. The summed E-state index contributed by atoms with van der Waals surface area (Å²) >= 11 is 0. The summed E-state index contributed by atoms with van der Waals surface area (Å²) in [6.07, 6.45) is -23.6. The predicted octanol–water partition coefficient (Wildman–Crippen LogP) is 6.07. The van der Waals surface area contributed by atoms with Crippen LogP contribution in [0.4, 0.5) is 4.39 Å². The quantitative estimate of drug-likeness (QED) is 0.0443. The molecule has 0 radical (unpaired) electrons. The Morgan fingerprint density at radius 2 is 1.08 bits per heavy atom. The number of carbonyl (C=O) groups excluding carboxylic acids is 4. The van der Waals surface area contributed by atoms with Gasteiger partial charge in [-0.2, -0.15) is 0 Å². The van der Waals surface area contributed by atoms with E-state index in [1.54, 1.807) is 37.3 Å². The van der Waals surface area contributed by atoms with Gasteiger partial charge in [0.05, 0.1) is 50.1 Å². The lowest BCUT2D eigenvalue weighted by Gasteiger charge is -2.48. The van der Waals surface area contributed by atoms with Gasteiger partial charge < -0.3 is 52.1 Å². The molecule has 0 spiro atoms. The number of nitrogens with zero attached hydrogens (tertiary/aromatic N) is 15. The summed E-state index contributed by atoms with van der Waals surface area (Å²) in [4.78, 5) is 64.8. The Bertz CT molecular complexity index is 2280. The number of halogens is 1. The van der Waals surface area contributed by atoms with Crippen LogP contribution in [0.2, 0.25) is 0 Å². The van der Waals surface area contributed by atoms with Crippen LogP contribution in [-0.2, 0) is 77.9 Å². The molecule has 1 aromatic rings. The fourth-order valence-corrected chi connectivity index (χ4v) is 8.75. The lowest BCUT2D eigenvalue weighted by Crippen LogP contribution is -2.63. The van der Waals surface area contributed by atoms with Gasteiger partial charge in [-0.05, 0) is 46.1 Å². The lowest BCUT2D eigenvalue weighted by atomic mass is 9.83. The molecule has 0 amide bonds. The van der Waals surface area contributed by atoms with Crippen molar-refractivity contribution in [2.45, 2.75) is 171 Å². The molecule has 30 nitrogen and oxygen atoms in total. The molecule has 71 heavy (non-hydrogen) atoms. The maximum absolute atomic E-state index is 16.7. The smallest absolute Gasteiger partial charge is 0.303 e. The molecule has 4 aliphatic rings. The van der Waals surface area contributed by atoms with Gasteiger partial charge in [-0.15, -0.1) is 0 Å². The minimum atomic E-state index is -1.83. The zero-order valence-electron chi connectivity index (χ0n) is 39.1. The molecule has 384 valence electrons. The van der Waals surface area contributed by atoms with Crippen LogP contribution in [0, 0.1) is 5.92 Å². The second-order valence-corrected chi connectivity index (χ2v) is 16.5. The normalized spacial score (nSPS) is 35.3. The van der Waals surface area contributed by atoms with E-state index in [0.717, 1.165) is 27.7 Å². The molecule has 1 aromatic carbocycles. The Hall–Kier alpha value is -6.70. The van der Waals surface area contributed by atoms with Crippen LogP contribution in [0.3, 0.4) is 0 Å². The highest BCUT2D eigenvalue weighted by atomic mass is 19.1. The first kappa shape index (κ1) is 55.2. The van der Waals surface area contributed by atoms with E-state index < -0.39 is 147 Å². The maximum Gasteiger partial charge on any atom is 0.303 e. The van der Waals surface area contributed by atoms with E-state index in [4.69, 9.17) is 57.6 Å². The molecule has 3 saturated heterocycles. The maximum atomic E-state index is 16.7. The number of ether oxygens (including phenoxy) is 11. The summed E-state index contributed by atoms with van der Waals surface area (Å²) in [5, 5.41) is 18.6. The van der Waals surface area contributed by atoms with Crippen molar-refractivity contribution in [1.29, 1.82) is 0 Å². The summed E-state index contributed by atoms with van der Waals surface area (Å²) in [6, 6.07) is 4.39. The highest BCUT2D eigenvalue weighted by molar-refractivity contribution is 5.68. The SMILES string of the molecule is CCC1OC(OC2C(OC(C)=O)C(N=[N+]=[N-])CC(N=[N+]=[N-])C2OC2OC(CN=[N+]=[N-])C(C)C(F)C2OCc2ccccc2)C(OC(C)=O)C1OC1OC(CN=[N+]=[N-])C(OC(C)=O)C(OC(C)=O)C1N=[N+]=[N-]. The molecule has 31 heteroatoms. The minimum Gasteiger partial charge on any atom is -0.459 e. The van der Waals surface area contributed by atoms with Crippen molar-refractivity contribution < 1.29 is 75.7 Å². The average Bonchev–Trinajstić information content (AvgIpc) is 3.64. The van der Waals surface area contributed by atoms with Gasteiger partial charge in [-0.1, -0.05) is 69.8 Å². The third-order valence-corrected chi connectivity index (χ3v) is 11.8. The molecular formula is C40H52FN15O15. The van der Waals surface area contributed by atoms with Crippen LogP contribution in [0.5, 0.6) is 0 Å². The minimum absolute atomic E-state index is 0.0620. The molecule has 3 heterocycles. The van der Waals surface area contributed by atoms with Crippen molar-refractivity contribution >= 4 is 23.9 Å². The molecule has 1 aliphatic carbocycles. The number of hydrogen-bond acceptors (Lipinski definition) is 20. The van der Waals surface area contributed by atoms with Crippen molar-refractivity contribution in [3.05, 3.63) is 88.1 Å². The summed E-state index contributed by atoms with van der Waals surface area (Å²) in [5.74, 6) is -4.53. The second kappa shape index (κ2) is 26.5. The zero-order chi connectivity index (χ0) is 51.8. The average molecular weight is 1000 g/mol. The number of hydrogen-bond donors (Lipinski definition) is 0. The summed E-state index contributed by atoms with van der Waals surface area (Å²) in [5.41, 5.74) is 48.2. The highest BCUT2D eigenvalue weighted by Gasteiger charge is 2.58. The highest BCUT2D eigenvalue weighted by Crippen LogP contribution is 2.41. The summed E-state index contributed by atoms with van der Waals surface area (Å²) in [6.45, 7) is 6.33. The summed E-state index contributed by atoms with van der Waals surface area (Å²) in [7, 11) is 0. The van der Waals surface area contributed by atoms with Crippen LogP contribution in [0.15, 0.2) is 55.9 Å². The first-order valence-electron chi connectivity index (χ1n) is 22.1. The van der Waals surface area contributed by atoms with E-state index in [1.165, 1.54) is 6.92 Å². The first-order chi connectivity index (χ1) is 34.1. The third-order valence-electron chi connectivity index (χ3n) is 11.8. The van der Waals surface area contributed by atoms with Gasteiger partial charge in [0.2, 0.25) is 0 Å². The van der Waals surface area contributed by atoms with Gasteiger partial charge in [-0.25, -0.2) is 4.39 Å². The molecule has 0 bridgehead atoms. The lowest BCUT2D eigenvalue weighted by molar-refractivity contribution is -0.324. The molecule has 0 N–H and O–H groups in total. The molecule has 19 unspecified atom stereocenters. The molecule has 19 atom stereocenters. The molecule has 5 rings (SSSR count). The van der Waals surface area contributed by atoms with Gasteiger partial charge in [0, 0.05) is 58.2 Å². The zero-order valence-corrected chi connectivity index (χ0v) is 39.1. The van der Waals surface area contributed by atoms with Crippen LogP contribution in [0.1, 0.15) is 59.9 Å². The Morgan fingerprint density at radius 3 is 1.66 bits per heavy atom. The first-order valence-corrected chi connectivity index (χ1v) is 22.1. The van der Waals surface area contributed by atoms with Gasteiger partial charge in [-0.3, -0.25) is 19.2 Å². The molecule has 3 aliphatic heterocycles. The molecule has 4 fully saturated rings. The topological polar surface area (TPSA) is 414 Å². The van der Waals surface area contributed by atoms with Crippen molar-refractivity contribution in [1.82, 2.24) is 0 Å². The van der Waals surface area contributed by atoms with E-state index >= 15 is 4.39 Å². The van der Waals surface area contributed by atoms with Crippen LogP contribution in [0.25, 0.3) is 52.2 Å². The second-order valence-electron chi connectivity index (χ2n) is 16.5. The number of azide groups is 5. The van der Waals surface area contributed by atoms with Gasteiger partial charge in [0.1, 0.15) is 42.7 Å². The van der Waals surface area contributed by atoms with Gasteiger partial charge >= 0.3 is 23.9 Å². The van der Waals surface area contributed by atoms with Crippen LogP contribution < -0.4 is 0 Å². The Balaban J connectivity index is 1.60. The van der Waals surface area contributed by atoms with E-state index in [-0.39, 0.29) is 26.0 Å². The Morgan fingerprint density at radius 1 is 0.592 bits per heavy atom. The number of esters is 4.